The van der Waals surface area contributed by atoms with E-state index in [9.17, 15) is 9.18 Å². The molecule has 0 radical (unpaired) electrons. The molecular formula is C18H19FNO2+. The molecule has 1 heterocycles. The van der Waals surface area contributed by atoms with Crippen LogP contribution in [0.5, 0.6) is 0 Å². The molecule has 0 aliphatic carbocycles. The lowest BCUT2D eigenvalue weighted by Gasteiger charge is -1.98. The lowest BCUT2D eigenvalue weighted by atomic mass is 10.1. The number of nitrogens with zero attached hydrogens (tertiary/aromatic N) is 1. The highest BCUT2D eigenvalue weighted by Crippen LogP contribution is 2.08. The van der Waals surface area contributed by atoms with Gasteiger partial charge in [0.1, 0.15) is 12.4 Å². The zero-order valence-corrected chi connectivity index (χ0v) is 12.3. The highest BCUT2D eigenvalue weighted by molar-refractivity contribution is 5.69. The van der Waals surface area contributed by atoms with E-state index in [0.29, 0.717) is 6.42 Å². The van der Waals surface area contributed by atoms with Crippen molar-refractivity contribution in [1.82, 2.24) is 0 Å². The summed E-state index contributed by atoms with van der Waals surface area (Å²) in [6, 6.07) is 10.3. The normalized spacial score (nSPS) is 11.0. The van der Waals surface area contributed by atoms with Gasteiger partial charge in [-0.05, 0) is 29.7 Å². The molecule has 3 nitrogen and oxygen atoms in total. The second-order valence-corrected chi connectivity index (χ2v) is 5.11. The van der Waals surface area contributed by atoms with Crippen molar-refractivity contribution in [2.45, 2.75) is 25.8 Å². The molecule has 4 heteroatoms. The van der Waals surface area contributed by atoms with Crippen molar-refractivity contribution in [3.05, 3.63) is 65.7 Å². The molecule has 0 amide bonds. The number of hydrogen-bond donors (Lipinski definition) is 1. The fourth-order valence-corrected chi connectivity index (χ4v) is 2.07. The number of aromatic nitrogens is 1. The van der Waals surface area contributed by atoms with E-state index in [4.69, 9.17) is 5.11 Å². The molecule has 1 N–H and O–H groups in total. The van der Waals surface area contributed by atoms with E-state index in [-0.39, 0.29) is 12.2 Å². The summed E-state index contributed by atoms with van der Waals surface area (Å²) in [6.45, 7) is 0.815. The molecule has 0 aliphatic heterocycles. The Kier molecular flexibility index (Phi) is 5.83. The van der Waals surface area contributed by atoms with E-state index in [2.05, 4.69) is 0 Å². The molecule has 0 spiro atoms. The fourth-order valence-electron chi connectivity index (χ4n) is 2.07. The topological polar surface area (TPSA) is 41.2 Å². The third kappa shape index (κ3) is 5.48. The lowest BCUT2D eigenvalue weighted by molar-refractivity contribution is -0.697. The molecule has 1 aromatic heterocycles. The van der Waals surface area contributed by atoms with Gasteiger partial charge in [-0.2, -0.15) is 0 Å². The van der Waals surface area contributed by atoms with Gasteiger partial charge in [-0.1, -0.05) is 24.3 Å². The Balaban J connectivity index is 1.86. The van der Waals surface area contributed by atoms with E-state index in [0.717, 1.165) is 24.1 Å². The van der Waals surface area contributed by atoms with Crippen molar-refractivity contribution >= 4 is 18.1 Å². The first-order chi connectivity index (χ1) is 10.6. The third-order valence-corrected chi connectivity index (χ3v) is 3.31. The van der Waals surface area contributed by atoms with Gasteiger partial charge in [0.2, 0.25) is 0 Å². The number of benzene rings is 1. The van der Waals surface area contributed by atoms with Crippen LogP contribution in [0, 0.1) is 5.82 Å². The number of rotatable bonds is 7. The molecule has 0 saturated carbocycles. The Bertz CT molecular complexity index is 633. The van der Waals surface area contributed by atoms with Gasteiger partial charge in [0.25, 0.3) is 0 Å². The van der Waals surface area contributed by atoms with Gasteiger partial charge in [-0.3, -0.25) is 4.79 Å². The summed E-state index contributed by atoms with van der Waals surface area (Å²) in [4.78, 5) is 10.4. The maximum atomic E-state index is 12.8. The largest absolute Gasteiger partial charge is 0.481 e. The Hall–Kier alpha value is -2.49. The predicted molar refractivity (Wildman–Crippen MR) is 83.5 cm³/mol. The summed E-state index contributed by atoms with van der Waals surface area (Å²) in [7, 11) is 0. The van der Waals surface area contributed by atoms with Gasteiger partial charge < -0.3 is 5.11 Å². The number of unbranched alkanes of at least 4 members (excludes halogenated alkanes) is 1. The first-order valence-electron chi connectivity index (χ1n) is 7.28. The highest BCUT2D eigenvalue weighted by Gasteiger charge is 2.02. The van der Waals surface area contributed by atoms with Crippen molar-refractivity contribution in [3.8, 4) is 0 Å². The Labute approximate surface area is 129 Å². The number of aliphatic carboxylic acids is 1. The molecule has 0 atom stereocenters. The van der Waals surface area contributed by atoms with E-state index in [1.165, 1.54) is 12.1 Å². The monoisotopic (exact) mass is 300 g/mol. The summed E-state index contributed by atoms with van der Waals surface area (Å²) in [5, 5.41) is 8.58. The van der Waals surface area contributed by atoms with Crippen LogP contribution in [0.4, 0.5) is 4.39 Å². The molecule has 22 heavy (non-hydrogen) atoms. The first-order valence-corrected chi connectivity index (χ1v) is 7.28. The average molecular weight is 300 g/mol. The smallest absolute Gasteiger partial charge is 0.303 e. The molecule has 114 valence electrons. The minimum Gasteiger partial charge on any atom is -0.481 e. The molecule has 0 bridgehead atoms. The van der Waals surface area contributed by atoms with Crippen LogP contribution in [0.15, 0.2) is 48.8 Å². The van der Waals surface area contributed by atoms with Gasteiger partial charge in [0.05, 0.1) is 0 Å². The Morgan fingerprint density at radius 1 is 1.00 bits per heavy atom. The lowest BCUT2D eigenvalue weighted by Crippen LogP contribution is -2.32. The van der Waals surface area contributed by atoms with E-state index >= 15 is 0 Å². The maximum Gasteiger partial charge on any atom is 0.303 e. The van der Waals surface area contributed by atoms with Crippen molar-refractivity contribution < 1.29 is 18.9 Å². The first kappa shape index (κ1) is 15.9. The molecular weight excluding hydrogens is 281 g/mol. The van der Waals surface area contributed by atoms with Gasteiger partial charge >= 0.3 is 5.97 Å². The summed E-state index contributed by atoms with van der Waals surface area (Å²) in [5.41, 5.74) is 2.01. The molecule has 0 saturated heterocycles. The molecule has 2 rings (SSSR count). The highest BCUT2D eigenvalue weighted by atomic mass is 19.1. The van der Waals surface area contributed by atoms with Crippen molar-refractivity contribution in [1.29, 1.82) is 0 Å². The zero-order valence-electron chi connectivity index (χ0n) is 12.3. The van der Waals surface area contributed by atoms with Gasteiger partial charge in [-0.25, -0.2) is 8.96 Å². The van der Waals surface area contributed by atoms with Crippen LogP contribution in [0.2, 0.25) is 0 Å². The molecule has 2 aromatic rings. The molecule has 0 fully saturated rings. The maximum absolute atomic E-state index is 12.8. The minimum atomic E-state index is -0.744. The minimum absolute atomic E-state index is 0.221. The van der Waals surface area contributed by atoms with Crippen LogP contribution in [0.1, 0.15) is 30.4 Å². The standard InChI is InChI=1S/C18H18FNO2/c19-17-8-6-15(7-9-17)4-5-16-10-13-20(14-11-16)12-2-1-3-18(21)22/h4-11,13-14H,1-3,12H2/p+1/b5-4-. The summed E-state index contributed by atoms with van der Waals surface area (Å²) in [6.07, 6.45) is 9.62. The number of hydrogen-bond acceptors (Lipinski definition) is 1. The van der Waals surface area contributed by atoms with Crippen LogP contribution in [-0.4, -0.2) is 11.1 Å². The SMILES string of the molecule is O=C(O)CCCC[n+]1ccc(/C=C\c2ccc(F)cc2)cc1. The fraction of sp³-hybridized carbons (Fsp3) is 0.222. The summed E-state index contributed by atoms with van der Waals surface area (Å²) < 4.78 is 14.8. The van der Waals surface area contributed by atoms with Crippen molar-refractivity contribution in [3.63, 3.8) is 0 Å². The Morgan fingerprint density at radius 3 is 2.18 bits per heavy atom. The van der Waals surface area contributed by atoms with Crippen molar-refractivity contribution in [2.24, 2.45) is 0 Å². The third-order valence-electron chi connectivity index (χ3n) is 3.31. The summed E-state index contributed by atoms with van der Waals surface area (Å²) >= 11 is 0. The number of halogens is 1. The number of carboxylic acids is 1. The number of carbonyl (C=O) groups is 1. The number of pyridine rings is 1. The second-order valence-electron chi connectivity index (χ2n) is 5.11. The Morgan fingerprint density at radius 2 is 1.59 bits per heavy atom. The van der Waals surface area contributed by atoms with Gasteiger partial charge in [-0.15, -0.1) is 0 Å². The van der Waals surface area contributed by atoms with Crippen LogP contribution in [0.25, 0.3) is 12.2 Å². The van der Waals surface area contributed by atoms with Crippen molar-refractivity contribution in [2.75, 3.05) is 0 Å². The zero-order chi connectivity index (χ0) is 15.8. The van der Waals surface area contributed by atoms with Crippen LogP contribution < -0.4 is 4.57 Å². The van der Waals surface area contributed by atoms with Gasteiger partial charge in [0.15, 0.2) is 12.4 Å². The van der Waals surface area contributed by atoms with Crippen LogP contribution >= 0.6 is 0 Å². The van der Waals surface area contributed by atoms with E-state index in [1.54, 1.807) is 12.1 Å². The van der Waals surface area contributed by atoms with Crippen LogP contribution in [-0.2, 0) is 11.3 Å². The molecule has 0 aliphatic rings. The number of aryl methyl sites for hydroxylation is 1. The van der Waals surface area contributed by atoms with E-state index < -0.39 is 5.97 Å². The second kappa shape index (κ2) is 8.08. The van der Waals surface area contributed by atoms with E-state index in [1.807, 2.05) is 41.2 Å². The molecule has 1 aromatic carbocycles. The number of carboxylic acid groups (broad SMARTS) is 1. The molecule has 0 unspecified atom stereocenters. The quantitative estimate of drug-likeness (QED) is 0.627. The summed E-state index contributed by atoms with van der Waals surface area (Å²) in [5.74, 6) is -0.980. The van der Waals surface area contributed by atoms with Gasteiger partial charge in [0, 0.05) is 25.0 Å². The van der Waals surface area contributed by atoms with Crippen LogP contribution in [0.3, 0.4) is 0 Å². The predicted octanol–water partition coefficient (Wildman–Crippen LogP) is 3.54. The average Bonchev–Trinajstić information content (AvgIpc) is 2.52.